The highest BCUT2D eigenvalue weighted by Crippen LogP contribution is 2.10. The van der Waals surface area contributed by atoms with Gasteiger partial charge in [-0.05, 0) is 36.1 Å². The van der Waals surface area contributed by atoms with Gasteiger partial charge in [-0.3, -0.25) is 9.59 Å². The van der Waals surface area contributed by atoms with Crippen LogP contribution in [0.15, 0.2) is 87.4 Å². The van der Waals surface area contributed by atoms with Crippen molar-refractivity contribution in [1.82, 2.24) is 10.9 Å². The number of amides is 2. The van der Waals surface area contributed by atoms with Crippen molar-refractivity contribution in [2.45, 2.75) is 26.7 Å². The summed E-state index contributed by atoms with van der Waals surface area (Å²) in [6.45, 7) is 3.90. The molecule has 0 spiro atoms. The third-order valence-corrected chi connectivity index (χ3v) is 4.52. The van der Waals surface area contributed by atoms with Gasteiger partial charge in [-0.1, -0.05) is 74.5 Å². The van der Waals surface area contributed by atoms with E-state index in [4.69, 9.17) is 4.42 Å². The maximum Gasteiger partial charge on any atom is 0.307 e. The molecule has 31 heavy (non-hydrogen) atoms. The van der Waals surface area contributed by atoms with Crippen LogP contribution in [0.25, 0.3) is 0 Å². The molecule has 0 saturated heterocycles. The molecule has 7 heteroatoms. The first-order valence-electron chi connectivity index (χ1n) is 10.1. The smallest absolute Gasteiger partial charge is 0.307 e. The molecule has 0 atom stereocenters. The first-order valence-corrected chi connectivity index (χ1v) is 10.1. The number of carbonyl (C=O) groups is 2. The van der Waals surface area contributed by atoms with E-state index in [2.05, 4.69) is 21.1 Å². The molecule has 2 aromatic carbocycles. The Balaban J connectivity index is 1.65. The van der Waals surface area contributed by atoms with Gasteiger partial charge in [-0.2, -0.15) is 10.2 Å². The molecule has 0 aliphatic carbocycles. The van der Waals surface area contributed by atoms with Gasteiger partial charge in [-0.15, -0.1) is 0 Å². The maximum atomic E-state index is 12.4. The summed E-state index contributed by atoms with van der Waals surface area (Å²) in [6.07, 6.45) is 1.30. The number of nitrogens with one attached hydrogen (secondary N) is 2. The fourth-order valence-electron chi connectivity index (χ4n) is 2.89. The summed E-state index contributed by atoms with van der Waals surface area (Å²) in [7, 11) is 0. The van der Waals surface area contributed by atoms with Gasteiger partial charge in [0, 0.05) is 0 Å². The zero-order valence-electron chi connectivity index (χ0n) is 17.5. The maximum absolute atomic E-state index is 12.4. The van der Waals surface area contributed by atoms with E-state index in [0.29, 0.717) is 12.8 Å². The van der Waals surface area contributed by atoms with Crippen LogP contribution < -0.4 is 10.9 Å². The van der Waals surface area contributed by atoms with Gasteiger partial charge in [0.2, 0.25) is 0 Å². The quantitative estimate of drug-likeness (QED) is 0.422. The van der Waals surface area contributed by atoms with Gasteiger partial charge in [-0.25, -0.2) is 10.9 Å². The Morgan fingerprint density at radius 3 is 1.42 bits per heavy atom. The Hall–Kier alpha value is -4.00. The molecule has 0 aliphatic heterocycles. The molecule has 3 rings (SSSR count). The first kappa shape index (κ1) is 21.7. The van der Waals surface area contributed by atoms with Crippen LogP contribution in [0.1, 0.15) is 58.9 Å². The second-order valence-electron chi connectivity index (χ2n) is 6.60. The summed E-state index contributed by atoms with van der Waals surface area (Å²) >= 11 is 0. The summed E-state index contributed by atoms with van der Waals surface area (Å²) in [4.78, 5) is 24.7. The predicted molar refractivity (Wildman–Crippen MR) is 120 cm³/mol. The number of rotatable bonds is 8. The molecule has 2 amide bonds. The number of hydrogen-bond donors (Lipinski definition) is 2. The van der Waals surface area contributed by atoms with Crippen LogP contribution in [0.2, 0.25) is 0 Å². The number of hydrazone groups is 2. The van der Waals surface area contributed by atoms with Crippen LogP contribution in [0.5, 0.6) is 0 Å². The topological polar surface area (TPSA) is 96.1 Å². The fourth-order valence-corrected chi connectivity index (χ4v) is 2.89. The van der Waals surface area contributed by atoms with E-state index in [-0.39, 0.29) is 11.5 Å². The highest BCUT2D eigenvalue weighted by atomic mass is 16.4. The van der Waals surface area contributed by atoms with Crippen molar-refractivity contribution in [1.29, 1.82) is 0 Å². The Morgan fingerprint density at radius 1 is 0.677 bits per heavy atom. The molecule has 1 aromatic heterocycles. The van der Waals surface area contributed by atoms with E-state index < -0.39 is 11.8 Å². The van der Waals surface area contributed by atoms with Gasteiger partial charge in [0.1, 0.15) is 0 Å². The van der Waals surface area contributed by atoms with Crippen LogP contribution in [0.3, 0.4) is 0 Å². The first-order chi connectivity index (χ1) is 15.1. The minimum absolute atomic E-state index is 0.0137. The molecule has 0 aliphatic rings. The minimum atomic E-state index is -0.539. The molecule has 0 bridgehead atoms. The number of benzene rings is 2. The molecular formula is C24H24N4O3. The molecule has 1 heterocycles. The second kappa shape index (κ2) is 10.7. The van der Waals surface area contributed by atoms with Crippen molar-refractivity contribution >= 4 is 23.2 Å². The molecular weight excluding hydrogens is 392 g/mol. The normalized spacial score (nSPS) is 11.8. The highest BCUT2D eigenvalue weighted by molar-refractivity contribution is 6.03. The van der Waals surface area contributed by atoms with E-state index in [1.54, 1.807) is 0 Å². The molecule has 0 saturated carbocycles. The lowest BCUT2D eigenvalue weighted by Gasteiger charge is -2.04. The Morgan fingerprint density at radius 2 is 1.06 bits per heavy atom. The van der Waals surface area contributed by atoms with Crippen LogP contribution in [-0.4, -0.2) is 23.2 Å². The standard InChI is InChI=1S/C24H24N4O3/c1-3-19(17-11-7-5-8-12-17)25-27-23(29)21-15-16-22(31-21)24(30)28-26-20(4-2)18-13-9-6-10-14-18/h5-16H,3-4H2,1-2H3,(H,27,29)(H,28,30)/b25-19+,26-20+. The zero-order valence-corrected chi connectivity index (χ0v) is 17.5. The minimum Gasteiger partial charge on any atom is -0.446 e. The third-order valence-electron chi connectivity index (χ3n) is 4.52. The summed E-state index contributed by atoms with van der Waals surface area (Å²) in [5, 5.41) is 8.36. The lowest BCUT2D eigenvalue weighted by molar-refractivity contribution is 0.0902. The van der Waals surface area contributed by atoms with Gasteiger partial charge in [0.25, 0.3) is 0 Å². The predicted octanol–water partition coefficient (Wildman–Crippen LogP) is 4.37. The Labute approximate surface area is 180 Å². The van der Waals surface area contributed by atoms with E-state index in [0.717, 1.165) is 22.6 Å². The van der Waals surface area contributed by atoms with E-state index in [1.807, 2.05) is 74.5 Å². The Kier molecular flexibility index (Phi) is 7.48. The molecule has 0 fully saturated rings. The van der Waals surface area contributed by atoms with Crippen molar-refractivity contribution in [3.05, 3.63) is 95.4 Å². The number of hydrogen-bond acceptors (Lipinski definition) is 5. The summed E-state index contributed by atoms with van der Waals surface area (Å²) < 4.78 is 5.39. The average Bonchev–Trinajstić information content (AvgIpc) is 3.32. The van der Waals surface area contributed by atoms with Crippen molar-refractivity contribution in [2.75, 3.05) is 0 Å². The van der Waals surface area contributed by atoms with Gasteiger partial charge < -0.3 is 4.42 Å². The molecule has 0 radical (unpaired) electrons. The molecule has 3 aromatic rings. The molecule has 0 unspecified atom stereocenters. The summed E-state index contributed by atoms with van der Waals surface area (Å²) in [5.74, 6) is -1.11. The van der Waals surface area contributed by atoms with Crippen LogP contribution in [-0.2, 0) is 0 Å². The summed E-state index contributed by atoms with van der Waals surface area (Å²) in [5.41, 5.74) is 8.28. The van der Waals surface area contributed by atoms with E-state index in [9.17, 15) is 9.59 Å². The monoisotopic (exact) mass is 416 g/mol. The van der Waals surface area contributed by atoms with E-state index >= 15 is 0 Å². The largest absolute Gasteiger partial charge is 0.446 e. The van der Waals surface area contributed by atoms with Crippen molar-refractivity contribution < 1.29 is 14.0 Å². The van der Waals surface area contributed by atoms with Gasteiger partial charge in [0.05, 0.1) is 11.4 Å². The van der Waals surface area contributed by atoms with Crippen molar-refractivity contribution in [3.63, 3.8) is 0 Å². The van der Waals surface area contributed by atoms with Crippen LogP contribution in [0, 0.1) is 0 Å². The summed E-state index contributed by atoms with van der Waals surface area (Å²) in [6, 6.07) is 22.0. The van der Waals surface area contributed by atoms with Crippen LogP contribution in [0.4, 0.5) is 0 Å². The highest BCUT2D eigenvalue weighted by Gasteiger charge is 2.16. The molecule has 2 N–H and O–H groups in total. The molecule has 7 nitrogen and oxygen atoms in total. The van der Waals surface area contributed by atoms with E-state index in [1.165, 1.54) is 12.1 Å². The molecule has 158 valence electrons. The SMILES string of the molecule is CC/C(=N\NC(=O)c1ccc(C(=O)N/N=C(\CC)c2ccccc2)o1)c1ccccc1. The lowest BCUT2D eigenvalue weighted by atomic mass is 10.1. The third kappa shape index (κ3) is 5.76. The Bertz CT molecular complexity index is 1000. The number of nitrogens with zero attached hydrogens (tertiary/aromatic N) is 2. The zero-order chi connectivity index (χ0) is 22.1. The van der Waals surface area contributed by atoms with Gasteiger partial charge in [0.15, 0.2) is 11.5 Å². The van der Waals surface area contributed by atoms with Crippen LogP contribution >= 0.6 is 0 Å². The van der Waals surface area contributed by atoms with Crippen molar-refractivity contribution in [2.24, 2.45) is 10.2 Å². The number of furan rings is 1. The second-order valence-corrected chi connectivity index (χ2v) is 6.60. The van der Waals surface area contributed by atoms with Gasteiger partial charge >= 0.3 is 11.8 Å². The van der Waals surface area contributed by atoms with Crippen molar-refractivity contribution in [3.8, 4) is 0 Å². The lowest BCUT2D eigenvalue weighted by Crippen LogP contribution is -2.20. The average molecular weight is 416 g/mol. The number of carbonyl (C=O) groups excluding carboxylic acids is 2. The fraction of sp³-hybridized carbons (Fsp3) is 0.167.